The van der Waals surface area contributed by atoms with Gasteiger partial charge in [0.25, 0.3) is 11.4 Å². The molecule has 9 heteroatoms. The molecule has 2 aromatic rings. The van der Waals surface area contributed by atoms with Crippen LogP contribution >= 0.6 is 0 Å². The molecule has 0 atom stereocenters. The number of nitrogens with zero attached hydrogens (tertiary/aromatic N) is 2. The number of hydrogen-bond acceptors (Lipinski definition) is 7. The molecule has 0 N–H and O–H groups in total. The molecule has 0 bridgehead atoms. The molecule has 0 aliphatic carbocycles. The van der Waals surface area contributed by atoms with Crippen LogP contribution in [0.2, 0.25) is 0 Å². The van der Waals surface area contributed by atoms with Gasteiger partial charge in [-0.05, 0) is 19.9 Å². The van der Waals surface area contributed by atoms with Gasteiger partial charge >= 0.3 is 5.97 Å². The number of rotatable bonds is 6. The van der Waals surface area contributed by atoms with Gasteiger partial charge in [-0.15, -0.1) is 0 Å². The summed E-state index contributed by atoms with van der Waals surface area (Å²) < 4.78 is 4.86. The number of ether oxygens (including phenoxy) is 1. The standard InChI is InChI=1S/C17H14N2O7/c1-10-6-7-12(8-14(10)18(22)23)15(20)9-26-17(21)13-5-3-4-11(2)16(13)19(24)25/h3-8H,9H2,1-2H3. The van der Waals surface area contributed by atoms with Crippen molar-refractivity contribution in [1.82, 2.24) is 0 Å². The summed E-state index contributed by atoms with van der Waals surface area (Å²) in [4.78, 5) is 44.9. The lowest BCUT2D eigenvalue weighted by molar-refractivity contribution is -0.385. The highest BCUT2D eigenvalue weighted by molar-refractivity contribution is 6.00. The zero-order valence-electron chi connectivity index (χ0n) is 13.9. The van der Waals surface area contributed by atoms with Crippen molar-refractivity contribution in [3.05, 3.63) is 78.9 Å². The minimum Gasteiger partial charge on any atom is -0.454 e. The van der Waals surface area contributed by atoms with Crippen molar-refractivity contribution < 1.29 is 24.2 Å². The second kappa shape index (κ2) is 7.51. The predicted molar refractivity (Wildman–Crippen MR) is 90.3 cm³/mol. The number of esters is 1. The van der Waals surface area contributed by atoms with Gasteiger partial charge in [0, 0.05) is 22.8 Å². The molecular weight excluding hydrogens is 344 g/mol. The van der Waals surface area contributed by atoms with Crippen LogP contribution in [0.5, 0.6) is 0 Å². The van der Waals surface area contributed by atoms with Crippen molar-refractivity contribution in [1.29, 1.82) is 0 Å². The number of carbonyl (C=O) groups is 2. The van der Waals surface area contributed by atoms with Gasteiger partial charge in [-0.1, -0.05) is 24.3 Å². The first kappa shape index (κ1) is 18.7. The molecule has 2 rings (SSSR count). The number of Topliss-reactive ketones (excluding diaryl/α,β-unsaturated/α-hetero) is 1. The molecule has 0 aliphatic rings. The van der Waals surface area contributed by atoms with Gasteiger partial charge in [-0.3, -0.25) is 25.0 Å². The molecule has 0 aliphatic heterocycles. The SMILES string of the molecule is Cc1ccc(C(=O)COC(=O)c2cccc(C)c2[N+](=O)[O-])cc1[N+](=O)[O-]. The third-order valence-corrected chi connectivity index (χ3v) is 3.70. The zero-order valence-corrected chi connectivity index (χ0v) is 13.9. The summed E-state index contributed by atoms with van der Waals surface area (Å²) in [6.07, 6.45) is 0. The summed E-state index contributed by atoms with van der Waals surface area (Å²) in [6.45, 7) is 2.32. The van der Waals surface area contributed by atoms with E-state index in [0.29, 0.717) is 5.56 Å². The van der Waals surface area contributed by atoms with E-state index in [2.05, 4.69) is 0 Å². The van der Waals surface area contributed by atoms with Crippen LogP contribution < -0.4 is 0 Å². The van der Waals surface area contributed by atoms with Gasteiger partial charge < -0.3 is 4.74 Å². The van der Waals surface area contributed by atoms with Gasteiger partial charge in [0.1, 0.15) is 5.56 Å². The van der Waals surface area contributed by atoms with Crippen molar-refractivity contribution in [2.45, 2.75) is 13.8 Å². The lowest BCUT2D eigenvalue weighted by atomic mass is 10.1. The highest BCUT2D eigenvalue weighted by Crippen LogP contribution is 2.24. The van der Waals surface area contributed by atoms with Crippen molar-refractivity contribution in [2.75, 3.05) is 6.61 Å². The average molecular weight is 358 g/mol. The van der Waals surface area contributed by atoms with Gasteiger partial charge in [0.2, 0.25) is 5.78 Å². The fourth-order valence-corrected chi connectivity index (χ4v) is 2.34. The van der Waals surface area contributed by atoms with Gasteiger partial charge in [-0.25, -0.2) is 4.79 Å². The smallest absolute Gasteiger partial charge is 0.345 e. The lowest BCUT2D eigenvalue weighted by Gasteiger charge is -2.07. The first-order valence-corrected chi connectivity index (χ1v) is 7.41. The maximum atomic E-state index is 12.1. The fourth-order valence-electron chi connectivity index (χ4n) is 2.34. The van der Waals surface area contributed by atoms with Crippen molar-refractivity contribution >= 4 is 23.1 Å². The molecule has 0 aromatic heterocycles. The van der Waals surface area contributed by atoms with Gasteiger partial charge in [-0.2, -0.15) is 0 Å². The third kappa shape index (κ3) is 3.89. The Morgan fingerprint density at radius 2 is 1.69 bits per heavy atom. The van der Waals surface area contributed by atoms with Gasteiger partial charge in [0.15, 0.2) is 6.61 Å². The number of carbonyl (C=O) groups excluding carboxylic acids is 2. The number of aryl methyl sites for hydroxylation is 2. The van der Waals surface area contributed by atoms with Crippen LogP contribution in [0.15, 0.2) is 36.4 Å². The second-order valence-corrected chi connectivity index (χ2v) is 5.49. The van der Waals surface area contributed by atoms with E-state index in [1.54, 1.807) is 0 Å². The number of para-hydroxylation sites is 1. The fraction of sp³-hybridized carbons (Fsp3) is 0.176. The predicted octanol–water partition coefficient (Wildman–Crippen LogP) is 3.16. The normalized spacial score (nSPS) is 10.2. The van der Waals surface area contributed by atoms with Gasteiger partial charge in [0.05, 0.1) is 9.85 Å². The van der Waals surface area contributed by atoms with Crippen LogP contribution in [0, 0.1) is 34.1 Å². The molecule has 0 amide bonds. The Hall–Kier alpha value is -3.62. The van der Waals surface area contributed by atoms with E-state index in [-0.39, 0.29) is 22.4 Å². The molecule has 9 nitrogen and oxygen atoms in total. The van der Waals surface area contributed by atoms with Crippen molar-refractivity contribution in [3.8, 4) is 0 Å². The zero-order chi connectivity index (χ0) is 19.4. The minimum absolute atomic E-state index is 0.00819. The summed E-state index contributed by atoms with van der Waals surface area (Å²) in [5, 5.41) is 22.0. The van der Waals surface area contributed by atoms with Crippen molar-refractivity contribution in [3.63, 3.8) is 0 Å². The van der Waals surface area contributed by atoms with E-state index in [1.807, 2.05) is 0 Å². The largest absolute Gasteiger partial charge is 0.454 e. The van der Waals surface area contributed by atoms with E-state index in [4.69, 9.17) is 4.74 Å². The lowest BCUT2D eigenvalue weighted by Crippen LogP contribution is -2.16. The molecule has 2 aromatic carbocycles. The number of nitro groups is 2. The van der Waals surface area contributed by atoms with Crippen LogP contribution in [0.4, 0.5) is 11.4 Å². The highest BCUT2D eigenvalue weighted by Gasteiger charge is 2.24. The van der Waals surface area contributed by atoms with E-state index in [9.17, 15) is 29.8 Å². The van der Waals surface area contributed by atoms with Crippen LogP contribution in [0.1, 0.15) is 31.8 Å². The first-order valence-electron chi connectivity index (χ1n) is 7.41. The van der Waals surface area contributed by atoms with Crippen molar-refractivity contribution in [2.24, 2.45) is 0 Å². The van der Waals surface area contributed by atoms with E-state index >= 15 is 0 Å². The van der Waals surface area contributed by atoms with E-state index in [0.717, 1.165) is 6.07 Å². The number of benzene rings is 2. The summed E-state index contributed by atoms with van der Waals surface area (Å²) in [5.74, 6) is -1.67. The molecule has 0 heterocycles. The molecule has 26 heavy (non-hydrogen) atoms. The van der Waals surface area contributed by atoms with Crippen LogP contribution in [-0.2, 0) is 4.74 Å². The highest BCUT2D eigenvalue weighted by atomic mass is 16.6. The topological polar surface area (TPSA) is 130 Å². The van der Waals surface area contributed by atoms with Crippen LogP contribution in [0.3, 0.4) is 0 Å². The number of ketones is 1. The molecule has 0 unspecified atom stereocenters. The summed E-state index contributed by atoms with van der Waals surface area (Å²) in [6, 6.07) is 8.07. The molecule has 0 fully saturated rings. The minimum atomic E-state index is -1.02. The van der Waals surface area contributed by atoms with Crippen LogP contribution in [-0.4, -0.2) is 28.2 Å². The summed E-state index contributed by atoms with van der Waals surface area (Å²) in [7, 11) is 0. The molecule has 0 radical (unpaired) electrons. The van der Waals surface area contributed by atoms with E-state index in [1.165, 1.54) is 44.2 Å². The maximum Gasteiger partial charge on any atom is 0.345 e. The summed E-state index contributed by atoms with van der Waals surface area (Å²) in [5.41, 5.74) is -0.206. The second-order valence-electron chi connectivity index (χ2n) is 5.49. The average Bonchev–Trinajstić information content (AvgIpc) is 2.58. The molecular formula is C17H14N2O7. The maximum absolute atomic E-state index is 12.1. The molecule has 0 saturated carbocycles. The Morgan fingerprint density at radius 3 is 2.31 bits per heavy atom. The quantitative estimate of drug-likeness (QED) is 0.335. The van der Waals surface area contributed by atoms with Crippen LogP contribution in [0.25, 0.3) is 0 Å². The Morgan fingerprint density at radius 1 is 1.00 bits per heavy atom. The van der Waals surface area contributed by atoms with E-state index < -0.39 is 33.9 Å². The molecule has 0 spiro atoms. The molecule has 134 valence electrons. The summed E-state index contributed by atoms with van der Waals surface area (Å²) >= 11 is 0. The Bertz CT molecular complexity index is 921. The number of nitro benzene ring substituents is 2. The monoisotopic (exact) mass is 358 g/mol. The Labute approximate surface area is 147 Å². The molecule has 0 saturated heterocycles. The number of hydrogen-bond donors (Lipinski definition) is 0. The third-order valence-electron chi connectivity index (χ3n) is 3.70. The Kier molecular flexibility index (Phi) is 5.41. The first-order chi connectivity index (χ1) is 12.2. The Balaban J connectivity index is 2.17.